The van der Waals surface area contributed by atoms with E-state index in [1.807, 2.05) is 41.3 Å². The Kier molecular flexibility index (Phi) is 8.29. The predicted octanol–water partition coefficient (Wildman–Crippen LogP) is 3.88. The summed E-state index contributed by atoms with van der Waals surface area (Å²) in [6.07, 6.45) is 4.83. The molecule has 2 fully saturated rings. The molecule has 4 rings (SSSR count). The summed E-state index contributed by atoms with van der Waals surface area (Å²) in [6, 6.07) is 16.0. The zero-order valence-electron chi connectivity index (χ0n) is 20.8. The van der Waals surface area contributed by atoms with Crippen LogP contribution in [0, 0.1) is 0 Å². The minimum absolute atomic E-state index is 0.0466. The fourth-order valence-electron chi connectivity index (χ4n) is 5.16. The molecule has 7 nitrogen and oxygen atoms in total. The van der Waals surface area contributed by atoms with E-state index in [1.165, 1.54) is 0 Å². The minimum atomic E-state index is -0.425. The third-order valence-electron chi connectivity index (χ3n) is 7.10. The molecule has 188 valence electrons. The van der Waals surface area contributed by atoms with Crippen LogP contribution in [0.2, 0.25) is 0 Å². The lowest BCUT2D eigenvalue weighted by molar-refractivity contribution is -0.136. The third-order valence-corrected chi connectivity index (χ3v) is 7.10. The average Bonchev–Trinajstić information content (AvgIpc) is 3.26. The number of carbonyl (C=O) groups excluding carboxylic acids is 2. The van der Waals surface area contributed by atoms with E-state index in [0.717, 1.165) is 36.9 Å². The Hall–Kier alpha value is -3.06. The van der Waals surface area contributed by atoms with Gasteiger partial charge in [0.15, 0.2) is 11.5 Å². The van der Waals surface area contributed by atoms with Crippen LogP contribution in [-0.4, -0.2) is 55.7 Å². The van der Waals surface area contributed by atoms with E-state index >= 15 is 0 Å². The molecule has 7 heteroatoms. The second-order valence-corrected chi connectivity index (χ2v) is 9.60. The molecule has 1 N–H and O–H groups in total. The lowest BCUT2D eigenvalue weighted by atomic mass is 9.84. The van der Waals surface area contributed by atoms with E-state index < -0.39 is 5.54 Å². The molecular formula is C28H36N2O5. The quantitative estimate of drug-likeness (QED) is 0.558. The first-order chi connectivity index (χ1) is 17.0. The number of hydrogen-bond donors (Lipinski definition) is 1. The van der Waals surface area contributed by atoms with Crippen molar-refractivity contribution < 1.29 is 23.8 Å². The zero-order chi connectivity index (χ0) is 24.7. The van der Waals surface area contributed by atoms with Crippen LogP contribution < -0.4 is 14.8 Å². The summed E-state index contributed by atoms with van der Waals surface area (Å²) in [6.45, 7) is 1.95. The van der Waals surface area contributed by atoms with Gasteiger partial charge in [0.2, 0.25) is 11.8 Å². The van der Waals surface area contributed by atoms with Gasteiger partial charge in [-0.25, -0.2) is 0 Å². The Morgan fingerprint density at radius 1 is 1.09 bits per heavy atom. The monoisotopic (exact) mass is 480 g/mol. The van der Waals surface area contributed by atoms with Crippen molar-refractivity contribution >= 4 is 11.8 Å². The fraction of sp³-hybridized carbons (Fsp3) is 0.500. The highest BCUT2D eigenvalue weighted by Gasteiger charge is 2.38. The van der Waals surface area contributed by atoms with Gasteiger partial charge in [0.05, 0.1) is 26.9 Å². The number of methoxy groups -OCH3 is 2. The van der Waals surface area contributed by atoms with Crippen LogP contribution in [0.15, 0.2) is 48.5 Å². The maximum absolute atomic E-state index is 13.2. The number of amides is 2. The van der Waals surface area contributed by atoms with Gasteiger partial charge >= 0.3 is 0 Å². The van der Waals surface area contributed by atoms with E-state index in [-0.39, 0.29) is 17.9 Å². The van der Waals surface area contributed by atoms with Crippen molar-refractivity contribution in [3.05, 3.63) is 59.7 Å². The van der Waals surface area contributed by atoms with Crippen LogP contribution in [0.1, 0.15) is 49.7 Å². The summed E-state index contributed by atoms with van der Waals surface area (Å²) in [5.74, 6) is 1.51. The first-order valence-electron chi connectivity index (χ1n) is 12.5. The molecule has 2 aromatic rings. The van der Waals surface area contributed by atoms with Gasteiger partial charge in [0.25, 0.3) is 0 Å². The lowest BCUT2D eigenvalue weighted by Crippen LogP contribution is -2.46. The first kappa shape index (κ1) is 25.0. The topological polar surface area (TPSA) is 77.1 Å². The molecule has 2 saturated heterocycles. The van der Waals surface area contributed by atoms with Gasteiger partial charge in [-0.15, -0.1) is 0 Å². The number of hydrogen-bond acceptors (Lipinski definition) is 5. The second kappa shape index (κ2) is 11.6. The Balaban J connectivity index is 1.34. The van der Waals surface area contributed by atoms with Crippen LogP contribution >= 0.6 is 0 Å². The second-order valence-electron chi connectivity index (χ2n) is 9.60. The molecule has 2 heterocycles. The summed E-state index contributed by atoms with van der Waals surface area (Å²) in [5, 5.41) is 3.18. The van der Waals surface area contributed by atoms with Crippen molar-refractivity contribution in [2.45, 2.75) is 63.2 Å². The van der Waals surface area contributed by atoms with Crippen LogP contribution in [0.25, 0.3) is 0 Å². The molecular weight excluding hydrogens is 444 g/mol. The fourth-order valence-corrected chi connectivity index (χ4v) is 5.16. The van der Waals surface area contributed by atoms with E-state index in [0.29, 0.717) is 50.3 Å². The highest BCUT2D eigenvalue weighted by atomic mass is 16.5. The average molecular weight is 481 g/mol. The van der Waals surface area contributed by atoms with Crippen molar-refractivity contribution in [2.75, 3.05) is 27.3 Å². The molecule has 0 unspecified atom stereocenters. The Morgan fingerprint density at radius 2 is 1.89 bits per heavy atom. The highest BCUT2D eigenvalue weighted by molar-refractivity contribution is 5.80. The van der Waals surface area contributed by atoms with E-state index in [9.17, 15) is 9.59 Å². The molecule has 2 amide bonds. The molecule has 0 radical (unpaired) electrons. The van der Waals surface area contributed by atoms with E-state index in [1.54, 1.807) is 14.2 Å². The van der Waals surface area contributed by atoms with Gasteiger partial charge in [0.1, 0.15) is 0 Å². The molecule has 0 saturated carbocycles. The van der Waals surface area contributed by atoms with Crippen molar-refractivity contribution in [1.29, 1.82) is 0 Å². The third kappa shape index (κ3) is 6.54. The molecule has 0 bridgehead atoms. The Bertz CT molecular complexity index is 1010. The van der Waals surface area contributed by atoms with Gasteiger partial charge in [-0.05, 0) is 55.4 Å². The van der Waals surface area contributed by atoms with Crippen molar-refractivity contribution in [3.8, 4) is 11.5 Å². The van der Waals surface area contributed by atoms with Crippen LogP contribution in [0.3, 0.4) is 0 Å². The number of rotatable bonds is 10. The normalized spacial score (nSPS) is 22.1. The number of ether oxygens (including phenoxy) is 3. The SMILES string of the molecule is COc1ccc(C[C@]2(CCC(=O)N3CCC[C@H](OCc4ccccc4)C3)CCC(=O)N2)cc1OC. The molecule has 2 aromatic carbocycles. The number of nitrogens with one attached hydrogen (secondary N) is 1. The predicted molar refractivity (Wildman–Crippen MR) is 133 cm³/mol. The van der Waals surface area contributed by atoms with Gasteiger partial charge in [-0.2, -0.15) is 0 Å². The summed E-state index contributed by atoms with van der Waals surface area (Å²) in [7, 11) is 3.22. The summed E-state index contributed by atoms with van der Waals surface area (Å²) < 4.78 is 16.9. The van der Waals surface area contributed by atoms with Crippen LogP contribution in [0.5, 0.6) is 11.5 Å². The Labute approximate surface area is 207 Å². The molecule has 35 heavy (non-hydrogen) atoms. The maximum Gasteiger partial charge on any atom is 0.222 e. The number of likely N-dealkylation sites (tertiary alicyclic amines) is 1. The Morgan fingerprint density at radius 3 is 2.60 bits per heavy atom. The lowest BCUT2D eigenvalue weighted by Gasteiger charge is -2.34. The highest BCUT2D eigenvalue weighted by Crippen LogP contribution is 2.34. The first-order valence-corrected chi connectivity index (χ1v) is 12.5. The van der Waals surface area contributed by atoms with E-state index in [4.69, 9.17) is 14.2 Å². The summed E-state index contributed by atoms with van der Waals surface area (Å²) in [5.41, 5.74) is 1.76. The number of carbonyl (C=O) groups is 2. The van der Waals surface area contributed by atoms with Gasteiger partial charge < -0.3 is 24.4 Å². The molecule has 0 aliphatic carbocycles. The number of piperidine rings is 1. The zero-order valence-corrected chi connectivity index (χ0v) is 20.8. The van der Waals surface area contributed by atoms with Gasteiger partial charge in [-0.3, -0.25) is 9.59 Å². The van der Waals surface area contributed by atoms with Gasteiger partial charge in [-0.1, -0.05) is 36.4 Å². The molecule has 2 aliphatic heterocycles. The molecule has 2 atom stereocenters. The standard InChI is InChI=1S/C28H36N2O5/c1-33-24-11-10-22(17-25(24)34-2)18-28(14-12-26(31)29-28)15-13-27(32)30-16-6-9-23(19-30)35-20-21-7-4-3-5-8-21/h3-5,7-8,10-11,17,23H,6,9,12-16,18-20H2,1-2H3,(H,29,31)/t23-,28+/m0/s1. The summed E-state index contributed by atoms with van der Waals surface area (Å²) in [4.78, 5) is 27.3. The van der Waals surface area contributed by atoms with E-state index in [2.05, 4.69) is 17.4 Å². The van der Waals surface area contributed by atoms with Crippen LogP contribution in [0.4, 0.5) is 0 Å². The largest absolute Gasteiger partial charge is 0.493 e. The van der Waals surface area contributed by atoms with Crippen LogP contribution in [-0.2, 0) is 27.4 Å². The van der Waals surface area contributed by atoms with Crippen molar-refractivity contribution in [2.24, 2.45) is 0 Å². The maximum atomic E-state index is 13.2. The van der Waals surface area contributed by atoms with Crippen molar-refractivity contribution in [1.82, 2.24) is 10.2 Å². The van der Waals surface area contributed by atoms with Crippen molar-refractivity contribution in [3.63, 3.8) is 0 Å². The summed E-state index contributed by atoms with van der Waals surface area (Å²) >= 11 is 0. The molecule has 0 aromatic heterocycles. The van der Waals surface area contributed by atoms with Gasteiger partial charge in [0, 0.05) is 31.5 Å². The number of nitrogens with zero attached hydrogens (tertiary/aromatic N) is 1. The number of benzene rings is 2. The smallest absolute Gasteiger partial charge is 0.222 e. The molecule has 0 spiro atoms. The minimum Gasteiger partial charge on any atom is -0.493 e. The molecule has 2 aliphatic rings.